The largest absolute Gasteiger partial charge is 0.398 e. The summed E-state index contributed by atoms with van der Waals surface area (Å²) in [6, 6.07) is 5.08. The van der Waals surface area contributed by atoms with Crippen molar-refractivity contribution < 1.29 is 4.39 Å². The molecule has 4 heteroatoms. The fourth-order valence-electron chi connectivity index (χ4n) is 1.72. The molecular formula is C11H15FN2S. The van der Waals surface area contributed by atoms with Gasteiger partial charge in [-0.15, -0.1) is 11.8 Å². The van der Waals surface area contributed by atoms with Gasteiger partial charge in [-0.25, -0.2) is 4.39 Å². The van der Waals surface area contributed by atoms with E-state index in [1.165, 1.54) is 25.0 Å². The van der Waals surface area contributed by atoms with E-state index in [9.17, 15) is 4.39 Å². The summed E-state index contributed by atoms with van der Waals surface area (Å²) in [7, 11) is 0. The Labute approximate surface area is 93.4 Å². The Morgan fingerprint density at radius 1 is 1.53 bits per heavy atom. The van der Waals surface area contributed by atoms with Gasteiger partial charge in [-0.1, -0.05) is 0 Å². The van der Waals surface area contributed by atoms with Crippen molar-refractivity contribution in [2.75, 3.05) is 18.0 Å². The van der Waals surface area contributed by atoms with Crippen molar-refractivity contribution in [3.05, 3.63) is 24.0 Å². The molecule has 0 amide bonds. The molecule has 1 aliphatic heterocycles. The third-order valence-corrected chi connectivity index (χ3v) is 3.81. The van der Waals surface area contributed by atoms with Crippen LogP contribution in [0.15, 0.2) is 23.1 Å². The van der Waals surface area contributed by atoms with Crippen molar-refractivity contribution in [3.8, 4) is 0 Å². The van der Waals surface area contributed by atoms with Crippen LogP contribution in [0.4, 0.5) is 10.1 Å². The first-order valence-electron chi connectivity index (χ1n) is 5.17. The third-order valence-electron chi connectivity index (χ3n) is 2.58. The maximum atomic E-state index is 13.0. The van der Waals surface area contributed by atoms with Crippen LogP contribution in [-0.4, -0.2) is 18.3 Å². The number of benzene rings is 1. The van der Waals surface area contributed by atoms with Gasteiger partial charge in [-0.3, -0.25) is 0 Å². The van der Waals surface area contributed by atoms with Crippen LogP contribution in [0.1, 0.15) is 12.8 Å². The second-order valence-electron chi connectivity index (χ2n) is 3.79. The molecule has 1 saturated heterocycles. The van der Waals surface area contributed by atoms with E-state index in [2.05, 4.69) is 5.32 Å². The lowest BCUT2D eigenvalue weighted by Crippen LogP contribution is -2.23. The molecule has 0 radical (unpaired) electrons. The van der Waals surface area contributed by atoms with Gasteiger partial charge >= 0.3 is 0 Å². The monoisotopic (exact) mass is 226 g/mol. The molecule has 1 aromatic carbocycles. The summed E-state index contributed by atoms with van der Waals surface area (Å²) in [5, 5.41) is 3.41. The van der Waals surface area contributed by atoms with E-state index < -0.39 is 0 Å². The normalized spacial score (nSPS) is 20.7. The van der Waals surface area contributed by atoms with Crippen molar-refractivity contribution in [3.63, 3.8) is 0 Å². The molecule has 1 aliphatic rings. The van der Waals surface area contributed by atoms with Crippen LogP contribution in [0.3, 0.4) is 0 Å². The highest BCUT2D eigenvalue weighted by Gasteiger charge is 2.14. The third kappa shape index (κ3) is 2.86. The van der Waals surface area contributed by atoms with Crippen molar-refractivity contribution in [2.24, 2.45) is 0 Å². The summed E-state index contributed by atoms with van der Waals surface area (Å²) < 4.78 is 13.0. The van der Waals surface area contributed by atoms with Gasteiger partial charge in [0.2, 0.25) is 0 Å². The minimum Gasteiger partial charge on any atom is -0.398 e. The molecule has 0 aromatic heterocycles. The molecular weight excluding hydrogens is 211 g/mol. The Bertz CT molecular complexity index is 337. The summed E-state index contributed by atoms with van der Waals surface area (Å²) in [5.41, 5.74) is 6.43. The molecule has 2 rings (SSSR count). The van der Waals surface area contributed by atoms with Crippen molar-refractivity contribution in [1.82, 2.24) is 5.32 Å². The van der Waals surface area contributed by atoms with Crippen LogP contribution in [-0.2, 0) is 0 Å². The second-order valence-corrected chi connectivity index (χ2v) is 4.85. The Balaban J connectivity index is 1.94. The number of hydrogen-bond donors (Lipinski definition) is 2. The first kappa shape index (κ1) is 10.8. The minimum absolute atomic E-state index is 0.217. The van der Waals surface area contributed by atoms with Gasteiger partial charge in [0.1, 0.15) is 5.82 Å². The summed E-state index contributed by atoms with van der Waals surface area (Å²) in [6.07, 6.45) is 2.45. The molecule has 1 atom stereocenters. The SMILES string of the molecule is Nc1ccc(F)cc1SC[C@H]1CCCN1. The van der Waals surface area contributed by atoms with Crippen LogP contribution < -0.4 is 11.1 Å². The Kier molecular flexibility index (Phi) is 3.49. The molecule has 0 saturated carbocycles. The van der Waals surface area contributed by atoms with Crippen molar-refractivity contribution in [1.29, 1.82) is 0 Å². The zero-order valence-corrected chi connectivity index (χ0v) is 9.32. The average molecular weight is 226 g/mol. The lowest BCUT2D eigenvalue weighted by molar-refractivity contribution is 0.624. The molecule has 3 N–H and O–H groups in total. The average Bonchev–Trinajstić information content (AvgIpc) is 2.72. The molecule has 0 unspecified atom stereocenters. The number of nitrogen functional groups attached to an aromatic ring is 1. The van der Waals surface area contributed by atoms with E-state index in [-0.39, 0.29) is 5.82 Å². The smallest absolute Gasteiger partial charge is 0.124 e. The van der Waals surface area contributed by atoms with E-state index in [1.807, 2.05) is 0 Å². The molecule has 2 nitrogen and oxygen atoms in total. The van der Waals surface area contributed by atoms with E-state index in [0.29, 0.717) is 11.7 Å². The first-order valence-corrected chi connectivity index (χ1v) is 6.15. The Hall–Kier alpha value is -0.740. The highest BCUT2D eigenvalue weighted by Crippen LogP contribution is 2.27. The van der Waals surface area contributed by atoms with Gasteiger partial charge in [0, 0.05) is 22.4 Å². The quantitative estimate of drug-likeness (QED) is 0.613. The maximum absolute atomic E-state index is 13.0. The second kappa shape index (κ2) is 4.86. The van der Waals surface area contributed by atoms with Crippen molar-refractivity contribution in [2.45, 2.75) is 23.8 Å². The molecule has 0 bridgehead atoms. The van der Waals surface area contributed by atoms with Gasteiger partial charge in [0.25, 0.3) is 0 Å². The van der Waals surface area contributed by atoms with Gasteiger partial charge in [-0.05, 0) is 37.6 Å². The summed E-state index contributed by atoms with van der Waals surface area (Å²) in [4.78, 5) is 0.851. The van der Waals surface area contributed by atoms with E-state index in [4.69, 9.17) is 5.73 Å². The van der Waals surface area contributed by atoms with Gasteiger partial charge in [-0.2, -0.15) is 0 Å². The number of halogens is 1. The fraction of sp³-hybridized carbons (Fsp3) is 0.455. The van der Waals surface area contributed by atoms with Gasteiger partial charge in [0.05, 0.1) is 0 Å². The number of thioether (sulfide) groups is 1. The van der Waals surface area contributed by atoms with E-state index in [0.717, 1.165) is 17.2 Å². The molecule has 0 aliphatic carbocycles. The molecule has 15 heavy (non-hydrogen) atoms. The summed E-state index contributed by atoms with van der Waals surface area (Å²) in [6.45, 7) is 1.10. The first-order chi connectivity index (χ1) is 7.25. The number of anilines is 1. The Morgan fingerprint density at radius 2 is 2.40 bits per heavy atom. The summed E-state index contributed by atoms with van der Waals surface area (Å²) >= 11 is 1.63. The van der Waals surface area contributed by atoms with Crippen LogP contribution in [0, 0.1) is 5.82 Å². The molecule has 1 fully saturated rings. The highest BCUT2D eigenvalue weighted by molar-refractivity contribution is 7.99. The number of nitrogens with one attached hydrogen (secondary N) is 1. The minimum atomic E-state index is -0.217. The number of hydrogen-bond acceptors (Lipinski definition) is 3. The Morgan fingerprint density at radius 3 is 3.13 bits per heavy atom. The van der Waals surface area contributed by atoms with Crippen LogP contribution in [0.5, 0.6) is 0 Å². The fourth-order valence-corrected chi connectivity index (χ4v) is 2.82. The van der Waals surface area contributed by atoms with E-state index in [1.54, 1.807) is 17.8 Å². The number of rotatable bonds is 3. The van der Waals surface area contributed by atoms with Crippen LogP contribution in [0.2, 0.25) is 0 Å². The zero-order valence-electron chi connectivity index (χ0n) is 8.50. The molecule has 1 heterocycles. The predicted molar refractivity (Wildman–Crippen MR) is 62.6 cm³/mol. The number of nitrogens with two attached hydrogens (primary N) is 1. The van der Waals surface area contributed by atoms with Gasteiger partial charge in [0.15, 0.2) is 0 Å². The standard InChI is InChI=1S/C11H15FN2S/c12-8-3-4-10(13)11(6-8)15-7-9-2-1-5-14-9/h3-4,6,9,14H,1-2,5,7,13H2/t9-/m1/s1. The predicted octanol–water partition coefficient (Wildman–Crippen LogP) is 2.25. The highest BCUT2D eigenvalue weighted by atomic mass is 32.2. The van der Waals surface area contributed by atoms with Gasteiger partial charge < -0.3 is 11.1 Å². The maximum Gasteiger partial charge on any atom is 0.124 e. The van der Waals surface area contributed by atoms with E-state index >= 15 is 0 Å². The topological polar surface area (TPSA) is 38.0 Å². The summed E-state index contributed by atoms with van der Waals surface area (Å²) in [5.74, 6) is 0.749. The zero-order chi connectivity index (χ0) is 10.7. The van der Waals surface area contributed by atoms with Crippen LogP contribution >= 0.6 is 11.8 Å². The molecule has 82 valence electrons. The molecule has 0 spiro atoms. The van der Waals surface area contributed by atoms with Crippen molar-refractivity contribution >= 4 is 17.4 Å². The lowest BCUT2D eigenvalue weighted by atomic mass is 10.3. The van der Waals surface area contributed by atoms with Crippen LogP contribution in [0.25, 0.3) is 0 Å². The molecule has 1 aromatic rings. The lowest BCUT2D eigenvalue weighted by Gasteiger charge is -2.10.